The van der Waals surface area contributed by atoms with E-state index in [1.165, 1.54) is 0 Å². The summed E-state index contributed by atoms with van der Waals surface area (Å²) < 4.78 is 17.4. The largest absolute Gasteiger partial charge is 0.485 e. The molecule has 0 radical (unpaired) electrons. The molecule has 0 fully saturated rings. The van der Waals surface area contributed by atoms with Crippen LogP contribution < -0.4 is 14.8 Å². The van der Waals surface area contributed by atoms with Crippen LogP contribution in [-0.4, -0.2) is 41.7 Å². The van der Waals surface area contributed by atoms with Crippen LogP contribution in [0.5, 0.6) is 11.5 Å². The second-order valence-corrected chi connectivity index (χ2v) is 5.36. The molecule has 0 saturated carbocycles. The Balaban J connectivity index is 1.49. The van der Waals surface area contributed by atoms with Crippen molar-refractivity contribution in [2.24, 2.45) is 7.05 Å². The van der Waals surface area contributed by atoms with E-state index in [1.807, 2.05) is 0 Å². The first-order chi connectivity index (χ1) is 12.0. The van der Waals surface area contributed by atoms with Crippen molar-refractivity contribution in [1.29, 1.82) is 0 Å². The number of imide groups is 1. The van der Waals surface area contributed by atoms with Crippen molar-refractivity contribution in [3.8, 4) is 11.5 Å². The predicted molar refractivity (Wildman–Crippen MR) is 85.2 cm³/mol. The van der Waals surface area contributed by atoms with E-state index in [4.69, 9.17) is 14.2 Å². The number of aromatic nitrogens is 1. The van der Waals surface area contributed by atoms with Crippen molar-refractivity contribution < 1.29 is 28.6 Å². The summed E-state index contributed by atoms with van der Waals surface area (Å²) in [5, 5.41) is 2.13. The fourth-order valence-corrected chi connectivity index (χ4v) is 2.28. The zero-order valence-electron chi connectivity index (χ0n) is 13.4. The van der Waals surface area contributed by atoms with Gasteiger partial charge in [-0.05, 0) is 24.3 Å². The molecule has 25 heavy (non-hydrogen) atoms. The Morgan fingerprint density at radius 1 is 1.20 bits per heavy atom. The summed E-state index contributed by atoms with van der Waals surface area (Å²) in [5.74, 6) is -1.09. The van der Waals surface area contributed by atoms with Crippen LogP contribution >= 0.6 is 0 Å². The lowest BCUT2D eigenvalue weighted by molar-refractivity contribution is -0.137. The molecule has 8 nitrogen and oxygen atoms in total. The molecular weight excluding hydrogens is 328 g/mol. The minimum absolute atomic E-state index is 0.0146. The molecule has 3 rings (SSSR count). The van der Waals surface area contributed by atoms with Crippen LogP contribution in [0, 0.1) is 0 Å². The minimum atomic E-state index is -0.956. The first-order valence-electron chi connectivity index (χ1n) is 7.55. The van der Waals surface area contributed by atoms with E-state index in [2.05, 4.69) is 5.32 Å². The highest BCUT2D eigenvalue weighted by atomic mass is 16.6. The second-order valence-electron chi connectivity index (χ2n) is 5.36. The Bertz CT molecular complexity index is 813. The van der Waals surface area contributed by atoms with Gasteiger partial charge in [-0.2, -0.15) is 0 Å². The molecule has 1 atom stereocenters. The maximum atomic E-state index is 12.1. The smallest absolute Gasteiger partial charge is 0.355 e. The van der Waals surface area contributed by atoms with Crippen LogP contribution in [0.25, 0.3) is 0 Å². The van der Waals surface area contributed by atoms with E-state index in [9.17, 15) is 14.4 Å². The Labute approximate surface area is 143 Å². The zero-order chi connectivity index (χ0) is 17.8. The van der Waals surface area contributed by atoms with Crippen LogP contribution in [0.1, 0.15) is 10.5 Å². The van der Waals surface area contributed by atoms with Crippen LogP contribution in [0.2, 0.25) is 0 Å². The molecule has 0 bridgehead atoms. The number of carbonyl (C=O) groups excluding carboxylic acids is 3. The monoisotopic (exact) mass is 344 g/mol. The van der Waals surface area contributed by atoms with Gasteiger partial charge in [0.2, 0.25) is 6.10 Å². The Morgan fingerprint density at radius 2 is 1.96 bits per heavy atom. The number of carbonyl (C=O) groups is 3. The standard InChI is InChI=1S/C17H16N2O6/c1-19-8-4-5-11(19)17(22)24-10-15(20)18-16(21)14-9-23-12-6-2-3-7-13(12)25-14/h2-8,14H,9-10H2,1H3,(H,18,20,21)/t14-/m0/s1. The summed E-state index contributed by atoms with van der Waals surface area (Å²) in [4.78, 5) is 35.7. The number of amides is 2. The molecule has 2 aromatic rings. The summed E-state index contributed by atoms with van der Waals surface area (Å²) >= 11 is 0. The number of nitrogens with zero attached hydrogens (tertiary/aromatic N) is 1. The number of rotatable bonds is 4. The molecule has 0 aliphatic carbocycles. The van der Waals surface area contributed by atoms with Crippen molar-refractivity contribution in [2.75, 3.05) is 13.2 Å². The van der Waals surface area contributed by atoms with E-state index in [1.54, 1.807) is 54.2 Å². The molecule has 2 amide bonds. The van der Waals surface area contributed by atoms with E-state index >= 15 is 0 Å². The van der Waals surface area contributed by atoms with Crippen molar-refractivity contribution in [3.05, 3.63) is 48.3 Å². The lowest BCUT2D eigenvalue weighted by Crippen LogP contribution is -2.47. The van der Waals surface area contributed by atoms with E-state index in [-0.39, 0.29) is 6.61 Å². The van der Waals surface area contributed by atoms with Gasteiger partial charge in [0, 0.05) is 13.2 Å². The SMILES string of the molecule is Cn1cccc1C(=O)OCC(=O)NC(=O)[C@@H]1COc2ccccc2O1. The minimum Gasteiger partial charge on any atom is -0.485 e. The van der Waals surface area contributed by atoms with Gasteiger partial charge in [0.05, 0.1) is 0 Å². The molecule has 8 heteroatoms. The number of esters is 1. The predicted octanol–water partition coefficient (Wildman–Crippen LogP) is 0.665. The molecule has 0 unspecified atom stereocenters. The molecule has 1 aromatic carbocycles. The third-order valence-electron chi connectivity index (χ3n) is 3.55. The molecule has 1 N–H and O–H groups in total. The van der Waals surface area contributed by atoms with Crippen LogP contribution in [0.15, 0.2) is 42.6 Å². The topological polar surface area (TPSA) is 95.9 Å². The Morgan fingerprint density at radius 3 is 2.68 bits per heavy atom. The fraction of sp³-hybridized carbons (Fsp3) is 0.235. The number of fused-ring (bicyclic) bond motifs is 1. The highest BCUT2D eigenvalue weighted by Gasteiger charge is 2.28. The van der Waals surface area contributed by atoms with Crippen molar-refractivity contribution >= 4 is 17.8 Å². The number of benzene rings is 1. The summed E-state index contributed by atoms with van der Waals surface area (Å²) in [5.41, 5.74) is 0.305. The molecular formula is C17H16N2O6. The van der Waals surface area contributed by atoms with Gasteiger partial charge in [0.25, 0.3) is 11.8 Å². The molecule has 1 aliphatic heterocycles. The van der Waals surface area contributed by atoms with Gasteiger partial charge in [-0.25, -0.2) is 4.79 Å². The van der Waals surface area contributed by atoms with Gasteiger partial charge >= 0.3 is 5.97 Å². The van der Waals surface area contributed by atoms with E-state index < -0.39 is 30.5 Å². The van der Waals surface area contributed by atoms with Gasteiger partial charge in [0.15, 0.2) is 18.1 Å². The summed E-state index contributed by atoms with van der Waals surface area (Å²) in [7, 11) is 1.68. The normalized spacial score (nSPS) is 15.3. The maximum Gasteiger partial charge on any atom is 0.355 e. The zero-order valence-corrected chi connectivity index (χ0v) is 13.4. The van der Waals surface area contributed by atoms with Gasteiger partial charge in [-0.15, -0.1) is 0 Å². The quantitative estimate of drug-likeness (QED) is 0.819. The van der Waals surface area contributed by atoms with Crippen molar-refractivity contribution in [2.45, 2.75) is 6.10 Å². The van der Waals surface area contributed by atoms with Crippen LogP contribution in [-0.2, 0) is 21.4 Å². The number of para-hydroxylation sites is 2. The Hall–Kier alpha value is -3.29. The summed E-state index contributed by atoms with van der Waals surface area (Å²) in [6, 6.07) is 10.2. The third-order valence-corrected chi connectivity index (χ3v) is 3.55. The van der Waals surface area contributed by atoms with Gasteiger partial charge in [-0.1, -0.05) is 12.1 Å². The van der Waals surface area contributed by atoms with Gasteiger partial charge < -0.3 is 18.8 Å². The number of aryl methyl sites for hydroxylation is 1. The number of ether oxygens (including phenoxy) is 3. The average molecular weight is 344 g/mol. The maximum absolute atomic E-state index is 12.1. The third kappa shape index (κ3) is 3.79. The molecule has 2 heterocycles. The molecule has 0 saturated heterocycles. The molecule has 130 valence electrons. The first kappa shape index (κ1) is 16.6. The van der Waals surface area contributed by atoms with Crippen LogP contribution in [0.3, 0.4) is 0 Å². The molecule has 1 aromatic heterocycles. The highest BCUT2D eigenvalue weighted by molar-refractivity contribution is 5.99. The van der Waals surface area contributed by atoms with E-state index in [0.29, 0.717) is 17.2 Å². The van der Waals surface area contributed by atoms with Crippen molar-refractivity contribution in [1.82, 2.24) is 9.88 Å². The van der Waals surface area contributed by atoms with E-state index in [0.717, 1.165) is 0 Å². The fourth-order valence-electron chi connectivity index (χ4n) is 2.28. The molecule has 0 spiro atoms. The first-order valence-corrected chi connectivity index (χ1v) is 7.55. The molecule has 1 aliphatic rings. The van der Waals surface area contributed by atoms with Crippen molar-refractivity contribution in [3.63, 3.8) is 0 Å². The summed E-state index contributed by atoms with van der Waals surface area (Å²) in [6.45, 7) is -0.584. The lowest BCUT2D eigenvalue weighted by atomic mass is 10.2. The van der Waals surface area contributed by atoms with Crippen LogP contribution in [0.4, 0.5) is 0 Å². The van der Waals surface area contributed by atoms with Gasteiger partial charge in [0.1, 0.15) is 12.3 Å². The second kappa shape index (κ2) is 7.08. The number of nitrogens with one attached hydrogen (secondary N) is 1. The van der Waals surface area contributed by atoms with Gasteiger partial charge in [-0.3, -0.25) is 14.9 Å². The highest BCUT2D eigenvalue weighted by Crippen LogP contribution is 2.30. The Kier molecular flexibility index (Phi) is 4.69. The lowest BCUT2D eigenvalue weighted by Gasteiger charge is -2.25. The number of hydrogen-bond acceptors (Lipinski definition) is 6. The summed E-state index contributed by atoms with van der Waals surface area (Å²) in [6.07, 6.45) is 0.723. The average Bonchev–Trinajstić information content (AvgIpc) is 3.05. The number of hydrogen-bond donors (Lipinski definition) is 1.